The molecule has 1 fully saturated rings. The van der Waals surface area contributed by atoms with Gasteiger partial charge >= 0.3 is 0 Å². The van der Waals surface area contributed by atoms with Gasteiger partial charge in [0.15, 0.2) is 0 Å². The van der Waals surface area contributed by atoms with Crippen molar-refractivity contribution < 1.29 is 0 Å². The number of anilines is 2. The lowest BCUT2D eigenvalue weighted by Gasteiger charge is -2.28. The van der Waals surface area contributed by atoms with Crippen LogP contribution in [0.25, 0.3) is 0 Å². The Labute approximate surface area is 113 Å². The lowest BCUT2D eigenvalue weighted by molar-refractivity contribution is 0.472. The van der Waals surface area contributed by atoms with Crippen LogP contribution in [0.2, 0.25) is 0 Å². The van der Waals surface area contributed by atoms with E-state index in [9.17, 15) is 0 Å². The number of hydrogen-bond donors (Lipinski definition) is 2. The Bertz CT molecular complexity index is 389. The zero-order valence-electron chi connectivity index (χ0n) is 11.4. The highest BCUT2D eigenvalue weighted by atomic mass is 32.2. The molecule has 1 saturated carbocycles. The van der Waals surface area contributed by atoms with E-state index >= 15 is 0 Å². The van der Waals surface area contributed by atoms with Crippen LogP contribution in [0.5, 0.6) is 0 Å². The molecule has 1 aliphatic carbocycles. The Morgan fingerprint density at radius 2 is 1.94 bits per heavy atom. The topological polar surface area (TPSA) is 49.8 Å². The van der Waals surface area contributed by atoms with Crippen LogP contribution >= 0.6 is 11.8 Å². The molecule has 1 heterocycles. The first kappa shape index (κ1) is 13.5. The Balaban J connectivity index is 1.95. The average molecular weight is 266 g/mol. The van der Waals surface area contributed by atoms with Crippen LogP contribution in [0.3, 0.4) is 0 Å². The van der Waals surface area contributed by atoms with Gasteiger partial charge in [-0.05, 0) is 38.9 Å². The van der Waals surface area contributed by atoms with Crippen molar-refractivity contribution in [3.05, 3.63) is 11.8 Å². The Morgan fingerprint density at radius 3 is 2.56 bits per heavy atom. The molecule has 2 rings (SSSR count). The number of thioether (sulfide) groups is 1. The van der Waals surface area contributed by atoms with Gasteiger partial charge in [0.05, 0.1) is 0 Å². The summed E-state index contributed by atoms with van der Waals surface area (Å²) in [6, 6.07) is 2.58. The summed E-state index contributed by atoms with van der Waals surface area (Å²) in [5, 5.41) is 7.39. The molecule has 1 aromatic heterocycles. The van der Waals surface area contributed by atoms with Crippen molar-refractivity contribution in [3.63, 3.8) is 0 Å². The summed E-state index contributed by atoms with van der Waals surface area (Å²) in [4.78, 5) is 8.75. The molecular weight excluding hydrogens is 244 g/mol. The SMILES string of the molecule is CNc1nc(C)cc(NC2CCC(SC)CC2)n1. The summed E-state index contributed by atoms with van der Waals surface area (Å²) >= 11 is 2.00. The zero-order chi connectivity index (χ0) is 13.0. The fourth-order valence-electron chi connectivity index (χ4n) is 2.41. The third-order valence-corrected chi connectivity index (χ3v) is 4.58. The Kier molecular flexibility index (Phi) is 4.69. The van der Waals surface area contributed by atoms with E-state index in [2.05, 4.69) is 26.9 Å². The molecule has 0 atom stereocenters. The van der Waals surface area contributed by atoms with Gasteiger partial charge in [0.2, 0.25) is 5.95 Å². The van der Waals surface area contributed by atoms with Crippen LogP contribution < -0.4 is 10.6 Å². The van der Waals surface area contributed by atoms with Gasteiger partial charge in [0.25, 0.3) is 0 Å². The largest absolute Gasteiger partial charge is 0.367 e. The van der Waals surface area contributed by atoms with Crippen LogP contribution in [0.1, 0.15) is 31.4 Å². The van der Waals surface area contributed by atoms with Crippen LogP contribution in [-0.2, 0) is 0 Å². The van der Waals surface area contributed by atoms with Gasteiger partial charge in [-0.3, -0.25) is 0 Å². The first-order valence-corrected chi connectivity index (χ1v) is 7.83. The summed E-state index contributed by atoms with van der Waals surface area (Å²) < 4.78 is 0. The number of aromatic nitrogens is 2. The molecule has 0 bridgehead atoms. The molecular formula is C13H22N4S. The van der Waals surface area contributed by atoms with Crippen molar-refractivity contribution in [3.8, 4) is 0 Å². The minimum atomic E-state index is 0.562. The standard InChI is InChI=1S/C13H22N4S/c1-9-8-12(17-13(14-2)15-9)16-10-4-6-11(18-3)7-5-10/h8,10-11H,4-7H2,1-3H3,(H2,14,15,16,17). The molecule has 18 heavy (non-hydrogen) atoms. The molecule has 4 nitrogen and oxygen atoms in total. The fourth-order valence-corrected chi connectivity index (χ4v) is 3.15. The van der Waals surface area contributed by atoms with Crippen molar-refractivity contribution in [2.24, 2.45) is 0 Å². The van der Waals surface area contributed by atoms with Crippen molar-refractivity contribution in [1.82, 2.24) is 9.97 Å². The van der Waals surface area contributed by atoms with Gasteiger partial charge in [0.1, 0.15) is 5.82 Å². The molecule has 0 radical (unpaired) electrons. The quantitative estimate of drug-likeness (QED) is 0.877. The molecule has 1 aromatic rings. The molecule has 0 amide bonds. The van der Waals surface area contributed by atoms with E-state index in [0.717, 1.165) is 16.8 Å². The molecule has 1 aliphatic rings. The second-order valence-corrected chi connectivity index (χ2v) is 5.96. The third-order valence-electron chi connectivity index (χ3n) is 3.44. The minimum absolute atomic E-state index is 0.562. The van der Waals surface area contributed by atoms with Crippen LogP contribution in [0, 0.1) is 6.92 Å². The minimum Gasteiger partial charge on any atom is -0.367 e. The molecule has 2 N–H and O–H groups in total. The smallest absolute Gasteiger partial charge is 0.224 e. The number of hydrogen-bond acceptors (Lipinski definition) is 5. The molecule has 5 heteroatoms. The highest BCUT2D eigenvalue weighted by Crippen LogP contribution is 2.28. The van der Waals surface area contributed by atoms with E-state index < -0.39 is 0 Å². The summed E-state index contributed by atoms with van der Waals surface area (Å²) in [6.45, 7) is 2.00. The summed E-state index contributed by atoms with van der Waals surface area (Å²) in [5.74, 6) is 1.63. The van der Waals surface area contributed by atoms with E-state index in [1.54, 1.807) is 0 Å². The fraction of sp³-hybridized carbons (Fsp3) is 0.692. The van der Waals surface area contributed by atoms with Gasteiger partial charge in [-0.1, -0.05) is 0 Å². The van der Waals surface area contributed by atoms with E-state index in [0.29, 0.717) is 12.0 Å². The maximum Gasteiger partial charge on any atom is 0.224 e. The van der Waals surface area contributed by atoms with Crippen molar-refractivity contribution in [1.29, 1.82) is 0 Å². The molecule has 0 aliphatic heterocycles. The Hall–Kier alpha value is -0.970. The zero-order valence-corrected chi connectivity index (χ0v) is 12.2. The average Bonchev–Trinajstić information content (AvgIpc) is 2.39. The normalized spacial score (nSPS) is 23.7. The number of nitrogens with one attached hydrogen (secondary N) is 2. The van der Waals surface area contributed by atoms with Gasteiger partial charge in [-0.15, -0.1) is 0 Å². The van der Waals surface area contributed by atoms with Gasteiger partial charge in [-0.2, -0.15) is 16.7 Å². The van der Waals surface area contributed by atoms with Gasteiger partial charge in [-0.25, -0.2) is 4.98 Å². The van der Waals surface area contributed by atoms with Crippen LogP contribution in [-0.4, -0.2) is 34.6 Å². The van der Waals surface area contributed by atoms with E-state index in [1.807, 2.05) is 31.8 Å². The van der Waals surface area contributed by atoms with E-state index in [-0.39, 0.29) is 0 Å². The van der Waals surface area contributed by atoms with Gasteiger partial charge < -0.3 is 10.6 Å². The molecule has 100 valence electrons. The molecule has 0 aromatic carbocycles. The number of aryl methyl sites for hydroxylation is 1. The number of nitrogens with zero attached hydrogens (tertiary/aromatic N) is 2. The lowest BCUT2D eigenvalue weighted by Crippen LogP contribution is -2.27. The molecule has 0 unspecified atom stereocenters. The first-order chi connectivity index (χ1) is 8.71. The molecule has 0 spiro atoms. The Morgan fingerprint density at radius 1 is 1.22 bits per heavy atom. The first-order valence-electron chi connectivity index (χ1n) is 6.54. The summed E-state index contributed by atoms with van der Waals surface area (Å²) in [7, 11) is 1.85. The highest BCUT2D eigenvalue weighted by Gasteiger charge is 2.20. The van der Waals surface area contributed by atoms with Crippen LogP contribution in [0.4, 0.5) is 11.8 Å². The third kappa shape index (κ3) is 3.51. The maximum atomic E-state index is 4.45. The summed E-state index contributed by atoms with van der Waals surface area (Å²) in [6.07, 6.45) is 7.31. The predicted molar refractivity (Wildman–Crippen MR) is 79.5 cm³/mol. The highest BCUT2D eigenvalue weighted by molar-refractivity contribution is 7.99. The second-order valence-electron chi connectivity index (χ2n) is 4.82. The maximum absolute atomic E-state index is 4.45. The van der Waals surface area contributed by atoms with Crippen molar-refractivity contribution in [2.45, 2.75) is 43.9 Å². The van der Waals surface area contributed by atoms with E-state index in [4.69, 9.17) is 0 Å². The lowest BCUT2D eigenvalue weighted by atomic mass is 9.95. The van der Waals surface area contributed by atoms with Crippen molar-refractivity contribution in [2.75, 3.05) is 23.9 Å². The van der Waals surface area contributed by atoms with Gasteiger partial charge in [0, 0.05) is 30.1 Å². The van der Waals surface area contributed by atoms with E-state index in [1.165, 1.54) is 25.7 Å². The number of rotatable bonds is 4. The van der Waals surface area contributed by atoms with Crippen LogP contribution in [0.15, 0.2) is 6.07 Å². The predicted octanol–water partition coefficient (Wildman–Crippen LogP) is 2.91. The summed E-state index contributed by atoms with van der Waals surface area (Å²) in [5.41, 5.74) is 0.995. The second kappa shape index (κ2) is 6.27. The molecule has 0 saturated heterocycles. The monoisotopic (exact) mass is 266 g/mol. The van der Waals surface area contributed by atoms with Crippen molar-refractivity contribution >= 4 is 23.5 Å².